The molecule has 0 unspecified atom stereocenters. The van der Waals surface area contributed by atoms with Gasteiger partial charge in [-0.15, -0.1) is 0 Å². The molecule has 0 aliphatic carbocycles. The largest absolute Gasteiger partial charge is 0.496 e. The molecule has 0 aliphatic heterocycles. The van der Waals surface area contributed by atoms with E-state index in [1.165, 1.54) is 25.3 Å². The van der Waals surface area contributed by atoms with Crippen LogP contribution in [0.5, 0.6) is 5.75 Å². The first kappa shape index (κ1) is 20.4. The van der Waals surface area contributed by atoms with Gasteiger partial charge in [0, 0.05) is 11.1 Å². The lowest BCUT2D eigenvalue weighted by molar-refractivity contribution is -0.148. The van der Waals surface area contributed by atoms with Gasteiger partial charge in [0.2, 0.25) is 0 Å². The molecule has 5 nitrogen and oxygen atoms in total. The number of methoxy groups -OCH3 is 1. The van der Waals surface area contributed by atoms with Crippen molar-refractivity contribution in [1.29, 1.82) is 0 Å². The molecule has 2 aromatic rings. The predicted molar refractivity (Wildman–Crippen MR) is 99.9 cm³/mol. The molecule has 0 bridgehead atoms. The fourth-order valence-corrected chi connectivity index (χ4v) is 2.58. The molecule has 0 radical (unpaired) electrons. The summed E-state index contributed by atoms with van der Waals surface area (Å²) in [7, 11) is 1.46. The Morgan fingerprint density at radius 1 is 1.15 bits per heavy atom. The molecule has 2 aromatic carbocycles. The van der Waals surface area contributed by atoms with Gasteiger partial charge in [-0.05, 0) is 36.2 Å². The van der Waals surface area contributed by atoms with Gasteiger partial charge in [0.25, 0.3) is 5.91 Å². The standard InChI is InChI=1S/C21H24FNO4/c1-4-14(2)19(23-20(24)15-8-6-5-7-9-15)21(25)27-13-16-12-17(22)10-11-18(16)26-3/h5-12,14,19H,4,13H2,1-3H3,(H,23,24)/t14-,19+/m1/s1. The summed E-state index contributed by atoms with van der Waals surface area (Å²) >= 11 is 0. The zero-order valence-corrected chi connectivity index (χ0v) is 15.7. The van der Waals surface area contributed by atoms with Crippen LogP contribution in [0.15, 0.2) is 48.5 Å². The highest BCUT2D eigenvalue weighted by atomic mass is 19.1. The Morgan fingerprint density at radius 2 is 1.85 bits per heavy atom. The molecule has 2 rings (SSSR count). The van der Waals surface area contributed by atoms with Crippen LogP contribution in [0.3, 0.4) is 0 Å². The zero-order chi connectivity index (χ0) is 19.8. The number of nitrogens with one attached hydrogen (secondary N) is 1. The van der Waals surface area contributed by atoms with Crippen molar-refractivity contribution < 1.29 is 23.5 Å². The fraction of sp³-hybridized carbons (Fsp3) is 0.333. The lowest BCUT2D eigenvalue weighted by Crippen LogP contribution is -2.45. The van der Waals surface area contributed by atoms with Gasteiger partial charge in [-0.2, -0.15) is 0 Å². The van der Waals surface area contributed by atoms with E-state index in [0.717, 1.165) is 0 Å². The van der Waals surface area contributed by atoms with Gasteiger partial charge >= 0.3 is 5.97 Å². The average Bonchev–Trinajstić information content (AvgIpc) is 2.70. The quantitative estimate of drug-likeness (QED) is 0.716. The fourth-order valence-electron chi connectivity index (χ4n) is 2.58. The third-order valence-corrected chi connectivity index (χ3v) is 4.40. The monoisotopic (exact) mass is 373 g/mol. The van der Waals surface area contributed by atoms with Crippen molar-refractivity contribution in [2.45, 2.75) is 32.9 Å². The number of benzene rings is 2. The summed E-state index contributed by atoms with van der Waals surface area (Å²) in [5.41, 5.74) is 0.883. The first-order chi connectivity index (χ1) is 13.0. The lowest BCUT2D eigenvalue weighted by Gasteiger charge is -2.23. The highest BCUT2D eigenvalue weighted by Gasteiger charge is 2.28. The van der Waals surface area contributed by atoms with E-state index in [1.807, 2.05) is 19.9 Å². The average molecular weight is 373 g/mol. The second kappa shape index (κ2) is 9.71. The Kier molecular flexibility index (Phi) is 7.34. The molecule has 0 saturated heterocycles. The van der Waals surface area contributed by atoms with Crippen LogP contribution in [-0.4, -0.2) is 25.0 Å². The summed E-state index contributed by atoms with van der Waals surface area (Å²) in [4.78, 5) is 25.0. The van der Waals surface area contributed by atoms with Crippen molar-refractivity contribution in [2.75, 3.05) is 7.11 Å². The number of rotatable bonds is 8. The second-order valence-electron chi connectivity index (χ2n) is 6.27. The summed E-state index contributed by atoms with van der Waals surface area (Å²) in [6, 6.07) is 11.9. The molecule has 1 N–H and O–H groups in total. The molecule has 0 aromatic heterocycles. The number of hydrogen-bond acceptors (Lipinski definition) is 4. The van der Waals surface area contributed by atoms with E-state index in [0.29, 0.717) is 23.3 Å². The molecule has 144 valence electrons. The van der Waals surface area contributed by atoms with Gasteiger partial charge in [0.1, 0.15) is 24.2 Å². The van der Waals surface area contributed by atoms with Crippen molar-refractivity contribution in [3.8, 4) is 5.75 Å². The maximum absolute atomic E-state index is 13.5. The van der Waals surface area contributed by atoms with Crippen LogP contribution >= 0.6 is 0 Å². The SMILES string of the molecule is CC[C@@H](C)[C@H](NC(=O)c1ccccc1)C(=O)OCc1cc(F)ccc1OC. The topological polar surface area (TPSA) is 64.6 Å². The Bertz CT molecular complexity index is 779. The van der Waals surface area contributed by atoms with Crippen molar-refractivity contribution in [3.05, 3.63) is 65.5 Å². The molecular formula is C21H24FNO4. The van der Waals surface area contributed by atoms with Crippen LogP contribution in [0.1, 0.15) is 36.2 Å². The number of ether oxygens (including phenoxy) is 2. The van der Waals surface area contributed by atoms with Crippen LogP contribution in [0.4, 0.5) is 4.39 Å². The summed E-state index contributed by atoms with van der Waals surface area (Å²) in [6.07, 6.45) is 0.679. The molecule has 1 amide bonds. The second-order valence-corrected chi connectivity index (χ2v) is 6.27. The third kappa shape index (κ3) is 5.54. The number of carbonyl (C=O) groups is 2. The van der Waals surface area contributed by atoms with Crippen LogP contribution in [0, 0.1) is 11.7 Å². The molecule has 2 atom stereocenters. The zero-order valence-electron chi connectivity index (χ0n) is 15.7. The van der Waals surface area contributed by atoms with Crippen LogP contribution in [-0.2, 0) is 16.1 Å². The Morgan fingerprint density at radius 3 is 2.48 bits per heavy atom. The first-order valence-electron chi connectivity index (χ1n) is 8.81. The predicted octanol–water partition coefficient (Wildman–Crippen LogP) is 3.72. The number of halogens is 1. The summed E-state index contributed by atoms with van der Waals surface area (Å²) in [5.74, 6) is -1.06. The Labute approximate surface area is 158 Å². The van der Waals surface area contributed by atoms with Gasteiger partial charge in [-0.25, -0.2) is 9.18 Å². The smallest absolute Gasteiger partial charge is 0.329 e. The Balaban J connectivity index is 2.09. The maximum Gasteiger partial charge on any atom is 0.329 e. The number of carbonyl (C=O) groups excluding carboxylic acids is 2. The first-order valence-corrected chi connectivity index (χ1v) is 8.81. The maximum atomic E-state index is 13.5. The van der Waals surface area contributed by atoms with Gasteiger partial charge in [0.05, 0.1) is 7.11 Å². The molecule has 27 heavy (non-hydrogen) atoms. The third-order valence-electron chi connectivity index (χ3n) is 4.40. The minimum absolute atomic E-state index is 0.125. The minimum atomic E-state index is -0.803. The molecule has 6 heteroatoms. The normalized spacial score (nSPS) is 12.7. The van der Waals surface area contributed by atoms with Gasteiger partial charge in [-0.3, -0.25) is 4.79 Å². The Hall–Kier alpha value is -2.89. The van der Waals surface area contributed by atoms with E-state index in [1.54, 1.807) is 24.3 Å². The van der Waals surface area contributed by atoms with Crippen molar-refractivity contribution in [1.82, 2.24) is 5.32 Å². The lowest BCUT2D eigenvalue weighted by atomic mass is 9.98. The van der Waals surface area contributed by atoms with E-state index in [2.05, 4.69) is 5.32 Å². The van der Waals surface area contributed by atoms with Crippen LogP contribution in [0.2, 0.25) is 0 Å². The van der Waals surface area contributed by atoms with Crippen LogP contribution < -0.4 is 10.1 Å². The van der Waals surface area contributed by atoms with Crippen LogP contribution in [0.25, 0.3) is 0 Å². The van der Waals surface area contributed by atoms with E-state index in [9.17, 15) is 14.0 Å². The van der Waals surface area contributed by atoms with E-state index >= 15 is 0 Å². The molecule has 0 heterocycles. The molecule has 0 spiro atoms. The van der Waals surface area contributed by atoms with E-state index in [-0.39, 0.29) is 18.4 Å². The van der Waals surface area contributed by atoms with Crippen molar-refractivity contribution in [2.24, 2.45) is 5.92 Å². The summed E-state index contributed by atoms with van der Waals surface area (Å²) < 4.78 is 24.0. The molecule has 0 aliphatic rings. The number of esters is 1. The van der Waals surface area contributed by atoms with Gasteiger partial charge in [-0.1, -0.05) is 38.5 Å². The minimum Gasteiger partial charge on any atom is -0.496 e. The summed E-state index contributed by atoms with van der Waals surface area (Å²) in [6.45, 7) is 3.64. The van der Waals surface area contributed by atoms with Gasteiger partial charge in [0.15, 0.2) is 0 Å². The van der Waals surface area contributed by atoms with E-state index < -0.39 is 17.8 Å². The highest BCUT2D eigenvalue weighted by molar-refractivity contribution is 5.96. The molecule has 0 fully saturated rings. The van der Waals surface area contributed by atoms with Gasteiger partial charge < -0.3 is 14.8 Å². The van der Waals surface area contributed by atoms with Crippen molar-refractivity contribution in [3.63, 3.8) is 0 Å². The van der Waals surface area contributed by atoms with Crippen molar-refractivity contribution >= 4 is 11.9 Å². The molecular weight excluding hydrogens is 349 g/mol. The number of amides is 1. The summed E-state index contributed by atoms with van der Waals surface area (Å²) in [5, 5.41) is 2.74. The van der Waals surface area contributed by atoms with E-state index in [4.69, 9.17) is 9.47 Å². The number of hydrogen-bond donors (Lipinski definition) is 1. The molecule has 0 saturated carbocycles. The highest BCUT2D eigenvalue weighted by Crippen LogP contribution is 2.21.